The second-order valence-electron chi connectivity index (χ2n) is 3.90. The molecular formula is C13H12Cl2N2S. The molecule has 5 heteroatoms. The number of rotatable bonds is 3. The highest BCUT2D eigenvalue weighted by Gasteiger charge is 2.07. The fraction of sp³-hybridized carbons (Fsp3) is 0.154. The van der Waals surface area contributed by atoms with E-state index in [0.717, 1.165) is 15.5 Å². The van der Waals surface area contributed by atoms with Crippen LogP contribution in [0.2, 0.25) is 10.0 Å². The molecule has 0 amide bonds. The van der Waals surface area contributed by atoms with Gasteiger partial charge in [-0.3, -0.25) is 0 Å². The molecule has 0 saturated carbocycles. The topological polar surface area (TPSA) is 38.9 Å². The molecule has 1 heterocycles. The van der Waals surface area contributed by atoms with E-state index in [1.165, 1.54) is 11.8 Å². The van der Waals surface area contributed by atoms with Crippen molar-refractivity contribution in [2.24, 2.45) is 5.73 Å². The van der Waals surface area contributed by atoms with E-state index in [4.69, 9.17) is 28.9 Å². The van der Waals surface area contributed by atoms with E-state index in [0.29, 0.717) is 10.0 Å². The number of nitrogens with zero attached hydrogens (tertiary/aromatic N) is 1. The van der Waals surface area contributed by atoms with Gasteiger partial charge in [0.05, 0.1) is 10.0 Å². The Morgan fingerprint density at radius 2 is 2.00 bits per heavy atom. The fourth-order valence-corrected chi connectivity index (χ4v) is 2.59. The zero-order valence-corrected chi connectivity index (χ0v) is 12.1. The molecule has 1 aromatic carbocycles. The van der Waals surface area contributed by atoms with Gasteiger partial charge in [0.15, 0.2) is 0 Å². The number of benzene rings is 1. The van der Waals surface area contributed by atoms with Crippen LogP contribution in [-0.2, 0) is 0 Å². The lowest BCUT2D eigenvalue weighted by molar-refractivity contribution is 0.817. The summed E-state index contributed by atoms with van der Waals surface area (Å²) in [7, 11) is 0. The van der Waals surface area contributed by atoms with Crippen LogP contribution in [0.25, 0.3) is 0 Å². The van der Waals surface area contributed by atoms with Gasteiger partial charge in [0, 0.05) is 17.1 Å². The van der Waals surface area contributed by atoms with E-state index in [1.807, 2.05) is 31.2 Å². The molecule has 0 spiro atoms. The molecule has 2 nitrogen and oxygen atoms in total. The summed E-state index contributed by atoms with van der Waals surface area (Å²) >= 11 is 13.5. The van der Waals surface area contributed by atoms with Crippen LogP contribution in [0, 0.1) is 0 Å². The van der Waals surface area contributed by atoms with Gasteiger partial charge in [0.2, 0.25) is 0 Å². The molecule has 1 aromatic heterocycles. The third-order valence-electron chi connectivity index (χ3n) is 2.40. The molecule has 94 valence electrons. The van der Waals surface area contributed by atoms with E-state index >= 15 is 0 Å². The Labute approximate surface area is 121 Å². The average molecular weight is 299 g/mol. The van der Waals surface area contributed by atoms with Gasteiger partial charge >= 0.3 is 0 Å². The summed E-state index contributed by atoms with van der Waals surface area (Å²) in [4.78, 5) is 5.17. The molecule has 0 saturated heterocycles. The third kappa shape index (κ3) is 3.39. The summed E-state index contributed by atoms with van der Waals surface area (Å²) in [5, 5.41) is 2.17. The quantitative estimate of drug-likeness (QED) is 0.903. The number of pyridine rings is 1. The van der Waals surface area contributed by atoms with E-state index in [-0.39, 0.29) is 6.04 Å². The van der Waals surface area contributed by atoms with Gasteiger partial charge in [-0.25, -0.2) is 4.98 Å². The molecule has 2 aromatic rings. The number of halogens is 2. The predicted molar refractivity (Wildman–Crippen MR) is 77.4 cm³/mol. The van der Waals surface area contributed by atoms with Crippen molar-refractivity contribution >= 4 is 35.0 Å². The van der Waals surface area contributed by atoms with Crippen LogP contribution in [-0.4, -0.2) is 4.98 Å². The van der Waals surface area contributed by atoms with Crippen LogP contribution in [0.15, 0.2) is 46.5 Å². The maximum atomic E-state index is 6.22. The van der Waals surface area contributed by atoms with Gasteiger partial charge in [-0.1, -0.05) is 41.0 Å². The first-order chi connectivity index (χ1) is 8.56. The highest BCUT2D eigenvalue weighted by Crippen LogP contribution is 2.33. The Bertz CT molecular complexity index is 541. The molecule has 2 rings (SSSR count). The maximum Gasteiger partial charge on any atom is 0.101 e. The Morgan fingerprint density at radius 3 is 2.56 bits per heavy atom. The predicted octanol–water partition coefficient (Wildman–Crippen LogP) is 4.56. The van der Waals surface area contributed by atoms with E-state index in [1.54, 1.807) is 12.3 Å². The molecule has 0 fully saturated rings. The van der Waals surface area contributed by atoms with Crippen LogP contribution < -0.4 is 5.73 Å². The van der Waals surface area contributed by atoms with Gasteiger partial charge < -0.3 is 5.73 Å². The minimum absolute atomic E-state index is 0.0183. The summed E-state index contributed by atoms with van der Waals surface area (Å²) < 4.78 is 0. The highest BCUT2D eigenvalue weighted by molar-refractivity contribution is 7.99. The first kappa shape index (κ1) is 13.7. The summed E-state index contributed by atoms with van der Waals surface area (Å²) in [6.45, 7) is 1.93. The Kier molecular flexibility index (Phi) is 4.51. The lowest BCUT2D eigenvalue weighted by Gasteiger charge is -2.09. The normalized spacial score (nSPS) is 12.4. The summed E-state index contributed by atoms with van der Waals surface area (Å²) in [5.41, 5.74) is 6.83. The van der Waals surface area contributed by atoms with Crippen molar-refractivity contribution in [3.05, 3.63) is 52.1 Å². The van der Waals surface area contributed by atoms with Crippen molar-refractivity contribution in [1.82, 2.24) is 4.98 Å². The first-order valence-corrected chi connectivity index (χ1v) is 6.98. The van der Waals surface area contributed by atoms with Crippen LogP contribution in [0.5, 0.6) is 0 Å². The monoisotopic (exact) mass is 298 g/mol. The summed E-state index contributed by atoms with van der Waals surface area (Å²) in [5.74, 6) is 0. The molecule has 18 heavy (non-hydrogen) atoms. The van der Waals surface area contributed by atoms with Crippen molar-refractivity contribution in [2.45, 2.75) is 22.9 Å². The minimum atomic E-state index is -0.0183. The molecule has 1 atom stereocenters. The molecule has 0 aliphatic rings. The zero-order valence-electron chi connectivity index (χ0n) is 9.73. The second-order valence-corrected chi connectivity index (χ2v) is 5.80. The minimum Gasteiger partial charge on any atom is -0.324 e. The molecule has 0 aliphatic carbocycles. The van der Waals surface area contributed by atoms with Crippen LogP contribution in [0.4, 0.5) is 0 Å². The van der Waals surface area contributed by atoms with Gasteiger partial charge in [-0.05, 0) is 36.8 Å². The third-order valence-corrected chi connectivity index (χ3v) is 4.07. The van der Waals surface area contributed by atoms with Gasteiger partial charge in [-0.2, -0.15) is 0 Å². The molecule has 0 bridgehead atoms. The van der Waals surface area contributed by atoms with Crippen LogP contribution in [0.3, 0.4) is 0 Å². The van der Waals surface area contributed by atoms with E-state index < -0.39 is 0 Å². The SMILES string of the molecule is CC(N)c1ccc(Sc2ccc(Cl)cn2)c(Cl)c1. The lowest BCUT2D eigenvalue weighted by atomic mass is 10.1. The maximum absolute atomic E-state index is 6.22. The van der Waals surface area contributed by atoms with Gasteiger partial charge in [0.1, 0.15) is 5.03 Å². The molecular weight excluding hydrogens is 287 g/mol. The first-order valence-electron chi connectivity index (χ1n) is 5.40. The molecule has 1 unspecified atom stereocenters. The van der Waals surface area contributed by atoms with E-state index in [2.05, 4.69) is 4.98 Å². The largest absolute Gasteiger partial charge is 0.324 e. The van der Waals surface area contributed by atoms with Crippen molar-refractivity contribution in [1.29, 1.82) is 0 Å². The van der Waals surface area contributed by atoms with Crippen molar-refractivity contribution < 1.29 is 0 Å². The number of aromatic nitrogens is 1. The Morgan fingerprint density at radius 1 is 1.22 bits per heavy atom. The molecule has 0 aliphatic heterocycles. The van der Waals surface area contributed by atoms with Crippen LogP contribution in [0.1, 0.15) is 18.5 Å². The Balaban J connectivity index is 2.22. The highest BCUT2D eigenvalue weighted by atomic mass is 35.5. The molecule has 0 radical (unpaired) electrons. The zero-order chi connectivity index (χ0) is 13.1. The second kappa shape index (κ2) is 5.93. The Hall–Kier alpha value is -0.740. The van der Waals surface area contributed by atoms with Crippen molar-refractivity contribution in [3.8, 4) is 0 Å². The average Bonchev–Trinajstić information content (AvgIpc) is 2.34. The van der Waals surface area contributed by atoms with Gasteiger partial charge in [-0.15, -0.1) is 0 Å². The summed E-state index contributed by atoms with van der Waals surface area (Å²) in [6, 6.07) is 9.49. The fourth-order valence-electron chi connectivity index (χ4n) is 1.42. The number of hydrogen-bond donors (Lipinski definition) is 1. The molecule has 2 N–H and O–H groups in total. The standard InChI is InChI=1S/C13H12Cl2N2S/c1-8(16)9-2-4-12(11(15)6-9)18-13-5-3-10(14)7-17-13/h2-8H,16H2,1H3. The van der Waals surface area contributed by atoms with Gasteiger partial charge in [0.25, 0.3) is 0 Å². The smallest absolute Gasteiger partial charge is 0.101 e. The van der Waals surface area contributed by atoms with Crippen molar-refractivity contribution in [3.63, 3.8) is 0 Å². The van der Waals surface area contributed by atoms with Crippen molar-refractivity contribution in [2.75, 3.05) is 0 Å². The van der Waals surface area contributed by atoms with Crippen LogP contribution >= 0.6 is 35.0 Å². The summed E-state index contributed by atoms with van der Waals surface area (Å²) in [6.07, 6.45) is 1.62. The number of nitrogens with two attached hydrogens (primary N) is 1. The number of hydrogen-bond acceptors (Lipinski definition) is 3. The lowest BCUT2D eigenvalue weighted by Crippen LogP contribution is -2.04. The van der Waals surface area contributed by atoms with E-state index in [9.17, 15) is 0 Å².